The predicted octanol–water partition coefficient (Wildman–Crippen LogP) is 1.39. The van der Waals surface area contributed by atoms with E-state index in [0.29, 0.717) is 17.0 Å². The lowest BCUT2D eigenvalue weighted by molar-refractivity contribution is -0.191. The number of ether oxygens (including phenoxy) is 1. The van der Waals surface area contributed by atoms with E-state index in [1.807, 2.05) is 30.3 Å². The Bertz CT molecular complexity index is 831. The number of terminal acetylenes is 1. The topological polar surface area (TPSA) is 95.9 Å². The summed E-state index contributed by atoms with van der Waals surface area (Å²) in [6.45, 7) is -0.389. The van der Waals surface area contributed by atoms with Crippen LogP contribution in [0.1, 0.15) is 28.4 Å². The second-order valence-corrected chi connectivity index (χ2v) is 7.11. The van der Waals surface area contributed by atoms with E-state index >= 15 is 0 Å². The van der Waals surface area contributed by atoms with Crippen molar-refractivity contribution in [2.24, 2.45) is 5.73 Å². The molecule has 5 atom stereocenters. The van der Waals surface area contributed by atoms with Gasteiger partial charge in [-0.25, -0.2) is 0 Å². The molecule has 1 heterocycles. The molecule has 0 saturated carbocycles. The van der Waals surface area contributed by atoms with Crippen LogP contribution in [0.5, 0.6) is 0 Å². The van der Waals surface area contributed by atoms with Crippen molar-refractivity contribution >= 4 is 11.6 Å². The van der Waals surface area contributed by atoms with E-state index in [1.165, 1.54) is 0 Å². The fraction of sp³-hybridized carbons (Fsp3) is 0.333. The van der Waals surface area contributed by atoms with Gasteiger partial charge in [0.1, 0.15) is 24.4 Å². The number of benzene rings is 2. The smallest absolute Gasteiger partial charge is 0.111 e. The molecule has 1 fully saturated rings. The van der Waals surface area contributed by atoms with Crippen molar-refractivity contribution < 1.29 is 20.1 Å². The molecule has 1 aliphatic rings. The maximum atomic E-state index is 10.4. The lowest BCUT2D eigenvalue weighted by Gasteiger charge is -2.41. The van der Waals surface area contributed by atoms with Crippen LogP contribution in [-0.2, 0) is 11.2 Å². The first kappa shape index (κ1) is 19.8. The van der Waals surface area contributed by atoms with Crippen molar-refractivity contribution in [3.05, 3.63) is 69.7 Å². The summed E-state index contributed by atoms with van der Waals surface area (Å²) < 4.78 is 5.70. The molecule has 0 amide bonds. The maximum Gasteiger partial charge on any atom is 0.111 e. The van der Waals surface area contributed by atoms with Gasteiger partial charge in [0.2, 0.25) is 0 Å². The summed E-state index contributed by atoms with van der Waals surface area (Å²) in [5, 5.41) is 30.4. The Morgan fingerprint density at radius 3 is 2.44 bits per heavy atom. The van der Waals surface area contributed by atoms with Crippen molar-refractivity contribution in [1.82, 2.24) is 0 Å². The summed E-state index contributed by atoms with van der Waals surface area (Å²) in [6, 6.07) is 12.0. The molecule has 5 nitrogen and oxygen atoms in total. The van der Waals surface area contributed by atoms with Crippen LogP contribution in [0.25, 0.3) is 0 Å². The summed E-state index contributed by atoms with van der Waals surface area (Å²) in [5.74, 6) is 2.58. The molecule has 0 spiro atoms. The van der Waals surface area contributed by atoms with E-state index in [9.17, 15) is 15.3 Å². The number of hydrogen-bond donors (Lipinski definition) is 4. The third kappa shape index (κ3) is 4.17. The minimum absolute atomic E-state index is 0.389. The quantitative estimate of drug-likeness (QED) is 0.595. The maximum absolute atomic E-state index is 10.4. The van der Waals surface area contributed by atoms with Gasteiger partial charge in [-0.05, 0) is 41.3 Å². The highest BCUT2D eigenvalue weighted by Crippen LogP contribution is 2.33. The molecule has 2 aromatic rings. The minimum atomic E-state index is -1.14. The van der Waals surface area contributed by atoms with Crippen LogP contribution in [0.3, 0.4) is 0 Å². The van der Waals surface area contributed by atoms with E-state index in [4.69, 9.17) is 28.5 Å². The van der Waals surface area contributed by atoms with Gasteiger partial charge < -0.3 is 25.8 Å². The average molecular weight is 388 g/mol. The molecule has 0 unspecified atom stereocenters. The number of aliphatic hydroxyl groups is 3. The molecular formula is C21H22ClNO4. The van der Waals surface area contributed by atoms with E-state index < -0.39 is 30.5 Å². The van der Waals surface area contributed by atoms with Crippen molar-refractivity contribution in [1.29, 1.82) is 0 Å². The Labute approximate surface area is 163 Å². The highest BCUT2D eigenvalue weighted by atomic mass is 35.5. The molecular weight excluding hydrogens is 366 g/mol. The SMILES string of the molecule is C#Cc1ccc(Cc2cc([C@@H]3O[C@H](CO)[C@@H](O)[C@H](N)[C@H]3O)ccc2Cl)cc1. The Kier molecular flexibility index (Phi) is 6.18. The van der Waals surface area contributed by atoms with E-state index in [-0.39, 0.29) is 6.61 Å². The Hall–Kier alpha value is -1.91. The molecule has 0 radical (unpaired) electrons. The molecule has 0 aromatic heterocycles. The zero-order valence-electron chi connectivity index (χ0n) is 14.6. The molecule has 2 aromatic carbocycles. The van der Waals surface area contributed by atoms with E-state index in [1.54, 1.807) is 12.1 Å². The van der Waals surface area contributed by atoms with Crippen molar-refractivity contribution in [2.45, 2.75) is 36.9 Å². The standard InChI is InChI=1S/C21H22ClNO4/c1-2-12-3-5-13(6-4-12)9-15-10-14(7-8-16(15)22)21-20(26)18(23)19(25)17(11-24)27-21/h1,3-8,10,17-21,24-26H,9,11,23H2/t17-,18+,19-,20-,21+/m1/s1. The lowest BCUT2D eigenvalue weighted by atomic mass is 9.89. The first-order chi connectivity index (χ1) is 12.9. The first-order valence-electron chi connectivity index (χ1n) is 8.66. The number of halogens is 1. The number of rotatable bonds is 4. The van der Waals surface area contributed by atoms with Gasteiger partial charge in [-0.2, -0.15) is 0 Å². The fourth-order valence-electron chi connectivity index (χ4n) is 3.27. The van der Waals surface area contributed by atoms with Crippen LogP contribution in [0, 0.1) is 12.3 Å². The van der Waals surface area contributed by atoms with Gasteiger partial charge in [-0.15, -0.1) is 6.42 Å². The highest BCUT2D eigenvalue weighted by molar-refractivity contribution is 6.31. The number of nitrogens with two attached hydrogens (primary N) is 1. The molecule has 0 aliphatic carbocycles. The second-order valence-electron chi connectivity index (χ2n) is 6.71. The molecule has 142 valence electrons. The molecule has 1 saturated heterocycles. The largest absolute Gasteiger partial charge is 0.394 e. The highest BCUT2D eigenvalue weighted by Gasteiger charge is 2.42. The molecule has 1 aliphatic heterocycles. The van der Waals surface area contributed by atoms with Gasteiger partial charge in [-0.3, -0.25) is 0 Å². The van der Waals surface area contributed by atoms with Crippen LogP contribution in [-0.4, -0.2) is 46.3 Å². The summed E-state index contributed by atoms with van der Waals surface area (Å²) in [4.78, 5) is 0. The first-order valence-corrected chi connectivity index (χ1v) is 9.04. The van der Waals surface area contributed by atoms with Gasteiger partial charge in [-0.1, -0.05) is 41.8 Å². The molecule has 5 N–H and O–H groups in total. The predicted molar refractivity (Wildman–Crippen MR) is 103 cm³/mol. The molecule has 3 rings (SSSR count). The van der Waals surface area contributed by atoms with E-state index in [2.05, 4.69) is 5.92 Å². The van der Waals surface area contributed by atoms with Crippen LogP contribution in [0.15, 0.2) is 42.5 Å². The third-order valence-corrected chi connectivity index (χ3v) is 5.26. The zero-order valence-corrected chi connectivity index (χ0v) is 15.4. The third-order valence-electron chi connectivity index (χ3n) is 4.89. The van der Waals surface area contributed by atoms with Gasteiger partial charge >= 0.3 is 0 Å². The van der Waals surface area contributed by atoms with Gasteiger partial charge in [0, 0.05) is 10.6 Å². The van der Waals surface area contributed by atoms with Crippen molar-refractivity contribution in [3.8, 4) is 12.3 Å². The van der Waals surface area contributed by atoms with Crippen LogP contribution >= 0.6 is 11.6 Å². The summed E-state index contributed by atoms with van der Waals surface area (Å²) in [5.41, 5.74) is 9.29. The van der Waals surface area contributed by atoms with Crippen LogP contribution in [0.2, 0.25) is 5.02 Å². The molecule has 27 heavy (non-hydrogen) atoms. The van der Waals surface area contributed by atoms with Crippen molar-refractivity contribution in [3.63, 3.8) is 0 Å². The minimum Gasteiger partial charge on any atom is -0.394 e. The van der Waals surface area contributed by atoms with Gasteiger partial charge in [0.25, 0.3) is 0 Å². The van der Waals surface area contributed by atoms with Gasteiger partial charge in [0.05, 0.1) is 12.6 Å². The summed E-state index contributed by atoms with van der Waals surface area (Å²) >= 11 is 6.35. The van der Waals surface area contributed by atoms with Crippen LogP contribution < -0.4 is 5.73 Å². The molecule has 0 bridgehead atoms. The normalized spacial score (nSPS) is 27.9. The monoisotopic (exact) mass is 387 g/mol. The Balaban J connectivity index is 1.86. The average Bonchev–Trinajstić information content (AvgIpc) is 2.69. The van der Waals surface area contributed by atoms with Gasteiger partial charge in [0.15, 0.2) is 0 Å². The van der Waals surface area contributed by atoms with Crippen molar-refractivity contribution in [2.75, 3.05) is 6.61 Å². The Morgan fingerprint density at radius 2 is 1.81 bits per heavy atom. The van der Waals surface area contributed by atoms with E-state index in [0.717, 1.165) is 16.7 Å². The molecule has 6 heteroatoms. The number of aliphatic hydroxyl groups excluding tert-OH is 3. The summed E-state index contributed by atoms with van der Waals surface area (Å²) in [6.07, 6.45) is 2.10. The van der Waals surface area contributed by atoms with Crippen LogP contribution in [0.4, 0.5) is 0 Å². The zero-order chi connectivity index (χ0) is 19.6. The second kappa shape index (κ2) is 8.41. The Morgan fingerprint density at radius 1 is 1.11 bits per heavy atom. The lowest BCUT2D eigenvalue weighted by Crippen LogP contribution is -2.59. The summed E-state index contributed by atoms with van der Waals surface area (Å²) in [7, 11) is 0. The fourth-order valence-corrected chi connectivity index (χ4v) is 3.46. The number of hydrogen-bond acceptors (Lipinski definition) is 5.